The molecular formula is C17H16BrClN2O2. The number of nitrogens with zero attached hydrogens (tertiary/aromatic N) is 1. The fourth-order valence-corrected chi connectivity index (χ4v) is 2.45. The second kappa shape index (κ2) is 8.13. The zero-order valence-electron chi connectivity index (χ0n) is 12.6. The summed E-state index contributed by atoms with van der Waals surface area (Å²) in [5, 5.41) is 3.41. The molecule has 2 rings (SSSR count). The molecule has 0 aliphatic carbocycles. The predicted octanol–water partition coefficient (Wildman–Crippen LogP) is 4.48. The highest BCUT2D eigenvalue weighted by molar-refractivity contribution is 9.10. The molecule has 23 heavy (non-hydrogen) atoms. The first-order valence-electron chi connectivity index (χ1n) is 7.05. The average Bonchev–Trinajstić information content (AvgIpc) is 2.51. The second-order valence-corrected chi connectivity index (χ2v) is 6.30. The molecule has 4 nitrogen and oxygen atoms in total. The molecule has 0 fully saturated rings. The number of hydrogen-bond acceptors (Lipinski definition) is 2. The molecule has 120 valence electrons. The van der Waals surface area contributed by atoms with Gasteiger partial charge < -0.3 is 10.2 Å². The lowest BCUT2D eigenvalue weighted by Gasteiger charge is -2.21. The first kappa shape index (κ1) is 17.5. The van der Waals surface area contributed by atoms with Crippen LogP contribution in [0.2, 0.25) is 5.02 Å². The van der Waals surface area contributed by atoms with Crippen LogP contribution in [0, 0.1) is 0 Å². The van der Waals surface area contributed by atoms with Crippen molar-refractivity contribution in [1.82, 2.24) is 0 Å². The number of anilines is 2. The molecule has 0 radical (unpaired) electrons. The molecule has 2 aromatic carbocycles. The van der Waals surface area contributed by atoms with Crippen LogP contribution >= 0.6 is 27.5 Å². The van der Waals surface area contributed by atoms with E-state index in [2.05, 4.69) is 21.2 Å². The minimum Gasteiger partial charge on any atom is -0.326 e. The third kappa shape index (κ3) is 5.37. The smallest absolute Gasteiger partial charge is 0.226 e. The average molecular weight is 396 g/mol. The number of rotatable bonds is 5. The maximum absolute atomic E-state index is 12.0. The maximum atomic E-state index is 12.0. The number of nitrogens with one attached hydrogen (secondary N) is 1. The number of amides is 2. The maximum Gasteiger partial charge on any atom is 0.226 e. The summed E-state index contributed by atoms with van der Waals surface area (Å²) in [6.07, 6.45) is 0.207. The first-order valence-corrected chi connectivity index (χ1v) is 8.22. The van der Waals surface area contributed by atoms with E-state index in [0.29, 0.717) is 11.6 Å². The molecule has 0 atom stereocenters. The minimum atomic E-state index is -0.146. The van der Waals surface area contributed by atoms with Crippen LogP contribution in [0.5, 0.6) is 0 Å². The summed E-state index contributed by atoms with van der Waals surface area (Å²) < 4.78 is 0.945. The molecule has 2 amide bonds. The summed E-state index contributed by atoms with van der Waals surface area (Å²) >= 11 is 9.20. The molecule has 0 heterocycles. The molecule has 0 saturated carbocycles. The number of hydrogen-bond donors (Lipinski definition) is 1. The number of carbonyl (C=O) groups is 2. The van der Waals surface area contributed by atoms with Crippen molar-refractivity contribution in [2.24, 2.45) is 0 Å². The van der Waals surface area contributed by atoms with Crippen molar-refractivity contribution >= 4 is 50.7 Å². The summed E-state index contributed by atoms with van der Waals surface area (Å²) in [7, 11) is 0. The van der Waals surface area contributed by atoms with E-state index < -0.39 is 0 Å². The van der Waals surface area contributed by atoms with Gasteiger partial charge in [0, 0.05) is 40.8 Å². The molecule has 0 spiro atoms. The Morgan fingerprint density at radius 3 is 2.26 bits per heavy atom. The quantitative estimate of drug-likeness (QED) is 0.811. The van der Waals surface area contributed by atoms with E-state index in [1.807, 2.05) is 24.3 Å². The summed E-state index contributed by atoms with van der Waals surface area (Å²) in [5.41, 5.74) is 1.44. The Labute approximate surface area is 148 Å². The van der Waals surface area contributed by atoms with Gasteiger partial charge in [-0.1, -0.05) is 27.5 Å². The van der Waals surface area contributed by atoms with E-state index in [1.165, 1.54) is 6.92 Å². The second-order valence-electron chi connectivity index (χ2n) is 4.95. The fourth-order valence-electron chi connectivity index (χ4n) is 2.06. The summed E-state index contributed by atoms with van der Waals surface area (Å²) in [5.74, 6) is -0.267. The Balaban J connectivity index is 1.95. The third-order valence-electron chi connectivity index (χ3n) is 3.21. The SMILES string of the molecule is CC(=O)N(CCC(=O)Nc1ccc(Br)cc1)c1ccc(Cl)cc1. The van der Waals surface area contributed by atoms with Gasteiger partial charge in [-0.2, -0.15) is 0 Å². The highest BCUT2D eigenvalue weighted by atomic mass is 79.9. The van der Waals surface area contributed by atoms with Gasteiger partial charge >= 0.3 is 0 Å². The predicted molar refractivity (Wildman–Crippen MR) is 96.9 cm³/mol. The van der Waals surface area contributed by atoms with Crippen LogP contribution in [-0.2, 0) is 9.59 Å². The summed E-state index contributed by atoms with van der Waals surface area (Å²) in [4.78, 5) is 25.4. The van der Waals surface area contributed by atoms with Gasteiger partial charge in [-0.3, -0.25) is 9.59 Å². The Morgan fingerprint density at radius 1 is 1.09 bits per heavy atom. The van der Waals surface area contributed by atoms with Crippen molar-refractivity contribution < 1.29 is 9.59 Å². The van der Waals surface area contributed by atoms with Gasteiger partial charge in [-0.05, 0) is 48.5 Å². The number of halogens is 2. The Morgan fingerprint density at radius 2 is 1.70 bits per heavy atom. The molecule has 1 N–H and O–H groups in total. The lowest BCUT2D eigenvalue weighted by Crippen LogP contribution is -2.31. The van der Waals surface area contributed by atoms with Crippen molar-refractivity contribution in [3.63, 3.8) is 0 Å². The molecule has 0 aliphatic heterocycles. The van der Waals surface area contributed by atoms with Gasteiger partial charge in [0.25, 0.3) is 0 Å². The van der Waals surface area contributed by atoms with E-state index in [4.69, 9.17) is 11.6 Å². The third-order valence-corrected chi connectivity index (χ3v) is 3.99. The lowest BCUT2D eigenvalue weighted by molar-refractivity contribution is -0.117. The molecule has 0 saturated heterocycles. The minimum absolute atomic E-state index is 0.122. The van der Waals surface area contributed by atoms with Crippen LogP contribution in [0.3, 0.4) is 0 Å². The van der Waals surface area contributed by atoms with E-state index in [1.54, 1.807) is 29.2 Å². The molecule has 0 bridgehead atoms. The standard InChI is InChI=1S/C17H16BrClN2O2/c1-12(22)21(16-8-4-14(19)5-9-16)11-10-17(23)20-15-6-2-13(18)3-7-15/h2-9H,10-11H2,1H3,(H,20,23). The van der Waals surface area contributed by atoms with Crippen LogP contribution in [0.1, 0.15) is 13.3 Å². The number of benzene rings is 2. The van der Waals surface area contributed by atoms with E-state index in [-0.39, 0.29) is 18.2 Å². The molecule has 0 aromatic heterocycles. The van der Waals surface area contributed by atoms with Crippen LogP contribution in [0.15, 0.2) is 53.0 Å². The zero-order chi connectivity index (χ0) is 16.8. The van der Waals surface area contributed by atoms with Crippen LogP contribution < -0.4 is 10.2 Å². The van der Waals surface area contributed by atoms with Crippen molar-refractivity contribution in [3.8, 4) is 0 Å². The number of carbonyl (C=O) groups excluding carboxylic acids is 2. The zero-order valence-corrected chi connectivity index (χ0v) is 14.9. The Bertz CT molecular complexity index is 687. The monoisotopic (exact) mass is 394 g/mol. The highest BCUT2D eigenvalue weighted by Gasteiger charge is 2.13. The Hall–Kier alpha value is -1.85. The van der Waals surface area contributed by atoms with Crippen molar-refractivity contribution in [1.29, 1.82) is 0 Å². The van der Waals surface area contributed by atoms with Crippen molar-refractivity contribution in [2.45, 2.75) is 13.3 Å². The Kier molecular flexibility index (Phi) is 6.19. The fraction of sp³-hybridized carbons (Fsp3) is 0.176. The van der Waals surface area contributed by atoms with Crippen LogP contribution in [-0.4, -0.2) is 18.4 Å². The van der Waals surface area contributed by atoms with Gasteiger partial charge in [-0.25, -0.2) is 0 Å². The molecular weight excluding hydrogens is 380 g/mol. The molecule has 6 heteroatoms. The first-order chi connectivity index (χ1) is 11.0. The van der Waals surface area contributed by atoms with Crippen LogP contribution in [0.25, 0.3) is 0 Å². The summed E-state index contributed by atoms with van der Waals surface area (Å²) in [6, 6.07) is 14.3. The van der Waals surface area contributed by atoms with Crippen molar-refractivity contribution in [2.75, 3.05) is 16.8 Å². The van der Waals surface area contributed by atoms with Crippen LogP contribution in [0.4, 0.5) is 11.4 Å². The van der Waals surface area contributed by atoms with Gasteiger partial charge in [0.15, 0.2) is 0 Å². The summed E-state index contributed by atoms with van der Waals surface area (Å²) in [6.45, 7) is 1.78. The van der Waals surface area contributed by atoms with E-state index in [9.17, 15) is 9.59 Å². The topological polar surface area (TPSA) is 49.4 Å². The molecule has 0 aliphatic rings. The van der Waals surface area contributed by atoms with E-state index in [0.717, 1.165) is 15.8 Å². The normalized spacial score (nSPS) is 10.2. The molecule has 0 unspecified atom stereocenters. The van der Waals surface area contributed by atoms with Gasteiger partial charge in [-0.15, -0.1) is 0 Å². The highest BCUT2D eigenvalue weighted by Crippen LogP contribution is 2.19. The van der Waals surface area contributed by atoms with Gasteiger partial charge in [0.2, 0.25) is 11.8 Å². The van der Waals surface area contributed by atoms with Gasteiger partial charge in [0.1, 0.15) is 0 Å². The van der Waals surface area contributed by atoms with E-state index >= 15 is 0 Å². The largest absolute Gasteiger partial charge is 0.326 e. The lowest BCUT2D eigenvalue weighted by atomic mass is 10.2. The molecule has 2 aromatic rings. The van der Waals surface area contributed by atoms with Crippen molar-refractivity contribution in [3.05, 3.63) is 58.0 Å². The van der Waals surface area contributed by atoms with Gasteiger partial charge in [0.05, 0.1) is 0 Å².